The van der Waals surface area contributed by atoms with E-state index in [9.17, 15) is 0 Å². The molecule has 0 bridgehead atoms. The highest BCUT2D eigenvalue weighted by Gasteiger charge is 2.14. The first kappa shape index (κ1) is 14.6. The standard InChI is InChI=1S/C15H17ClN4S/c16-13-9-14(17)20-15(19-13)21-8-6-12-11-4-2-1-3-10(11)5-7-18-12/h5,7,9H,1-4,6,8H2,(H2,17,19,20). The maximum Gasteiger partial charge on any atom is 0.190 e. The summed E-state index contributed by atoms with van der Waals surface area (Å²) in [5, 5.41) is 1.02. The Kier molecular flexibility index (Phi) is 4.60. The van der Waals surface area contributed by atoms with Crippen LogP contribution in [0.25, 0.3) is 0 Å². The molecule has 0 atom stereocenters. The Balaban J connectivity index is 1.65. The van der Waals surface area contributed by atoms with Gasteiger partial charge in [0.25, 0.3) is 0 Å². The van der Waals surface area contributed by atoms with Crippen LogP contribution >= 0.6 is 23.4 Å². The molecule has 0 unspecified atom stereocenters. The van der Waals surface area contributed by atoms with Crippen molar-refractivity contribution in [3.8, 4) is 0 Å². The van der Waals surface area contributed by atoms with Crippen molar-refractivity contribution in [3.05, 3.63) is 40.3 Å². The molecule has 0 saturated carbocycles. The Bertz CT molecular complexity index is 627. The van der Waals surface area contributed by atoms with Crippen LogP contribution in [0, 0.1) is 0 Å². The third-order valence-electron chi connectivity index (χ3n) is 3.63. The Morgan fingerprint density at radius 1 is 1.24 bits per heavy atom. The van der Waals surface area contributed by atoms with E-state index in [1.807, 2.05) is 6.20 Å². The van der Waals surface area contributed by atoms with E-state index in [1.54, 1.807) is 17.8 Å². The molecule has 21 heavy (non-hydrogen) atoms. The zero-order chi connectivity index (χ0) is 14.7. The van der Waals surface area contributed by atoms with Gasteiger partial charge in [-0.2, -0.15) is 0 Å². The molecule has 0 saturated heterocycles. The number of pyridine rings is 1. The average molecular weight is 321 g/mol. The molecule has 2 N–H and O–H groups in total. The molecule has 0 fully saturated rings. The fourth-order valence-corrected chi connectivity index (χ4v) is 3.72. The Labute approximate surface area is 133 Å². The Hall–Kier alpha value is -1.33. The minimum absolute atomic E-state index is 0.389. The molecule has 2 aromatic heterocycles. The molecule has 3 rings (SSSR count). The minimum Gasteiger partial charge on any atom is -0.384 e. The smallest absolute Gasteiger partial charge is 0.190 e. The van der Waals surface area contributed by atoms with Gasteiger partial charge < -0.3 is 5.73 Å². The Morgan fingerprint density at radius 2 is 2.10 bits per heavy atom. The fraction of sp³-hybridized carbons (Fsp3) is 0.400. The predicted molar refractivity (Wildman–Crippen MR) is 86.8 cm³/mol. The molecule has 1 aliphatic rings. The molecule has 0 aromatic carbocycles. The monoisotopic (exact) mass is 320 g/mol. The van der Waals surface area contributed by atoms with Crippen LogP contribution in [0.15, 0.2) is 23.5 Å². The summed E-state index contributed by atoms with van der Waals surface area (Å²) in [7, 11) is 0. The number of nitrogens with zero attached hydrogens (tertiary/aromatic N) is 3. The highest BCUT2D eigenvalue weighted by molar-refractivity contribution is 7.99. The van der Waals surface area contributed by atoms with Crippen LogP contribution in [-0.4, -0.2) is 20.7 Å². The average Bonchev–Trinajstić information content (AvgIpc) is 2.46. The number of aromatic nitrogens is 3. The van der Waals surface area contributed by atoms with E-state index in [4.69, 9.17) is 17.3 Å². The molecule has 0 amide bonds. The SMILES string of the molecule is Nc1cc(Cl)nc(SCCc2nccc3c2CCCC3)n1. The lowest BCUT2D eigenvalue weighted by molar-refractivity contribution is 0.673. The molecule has 1 aliphatic carbocycles. The topological polar surface area (TPSA) is 64.7 Å². The van der Waals surface area contributed by atoms with Crippen molar-refractivity contribution in [2.75, 3.05) is 11.5 Å². The largest absolute Gasteiger partial charge is 0.384 e. The van der Waals surface area contributed by atoms with Gasteiger partial charge in [-0.1, -0.05) is 23.4 Å². The van der Waals surface area contributed by atoms with Gasteiger partial charge in [-0.15, -0.1) is 0 Å². The van der Waals surface area contributed by atoms with E-state index in [1.165, 1.54) is 36.1 Å². The van der Waals surface area contributed by atoms with Gasteiger partial charge in [0.05, 0.1) is 0 Å². The van der Waals surface area contributed by atoms with Crippen molar-refractivity contribution in [1.82, 2.24) is 15.0 Å². The molecule has 4 nitrogen and oxygen atoms in total. The number of nitrogens with two attached hydrogens (primary N) is 1. The number of aryl methyl sites for hydroxylation is 2. The first-order valence-corrected chi connectivity index (χ1v) is 8.47. The van der Waals surface area contributed by atoms with Crippen molar-refractivity contribution in [1.29, 1.82) is 0 Å². The van der Waals surface area contributed by atoms with Gasteiger partial charge in [0.2, 0.25) is 0 Å². The second-order valence-corrected chi connectivity index (χ2v) is 6.55. The summed E-state index contributed by atoms with van der Waals surface area (Å²) in [6.07, 6.45) is 7.75. The van der Waals surface area contributed by atoms with Crippen LogP contribution in [-0.2, 0) is 19.3 Å². The number of hydrogen-bond acceptors (Lipinski definition) is 5. The maximum atomic E-state index is 5.88. The summed E-state index contributed by atoms with van der Waals surface area (Å²) >= 11 is 7.45. The molecule has 6 heteroatoms. The number of thioether (sulfide) groups is 1. The zero-order valence-corrected chi connectivity index (χ0v) is 13.3. The zero-order valence-electron chi connectivity index (χ0n) is 11.7. The van der Waals surface area contributed by atoms with Gasteiger partial charge in [-0.3, -0.25) is 4.98 Å². The quantitative estimate of drug-likeness (QED) is 0.532. The van der Waals surface area contributed by atoms with Crippen molar-refractivity contribution < 1.29 is 0 Å². The number of halogens is 1. The molecule has 0 radical (unpaired) electrons. The molecular formula is C15H17ClN4S. The third kappa shape index (κ3) is 3.66. The summed E-state index contributed by atoms with van der Waals surface area (Å²) in [6, 6.07) is 3.71. The van der Waals surface area contributed by atoms with E-state index in [2.05, 4.69) is 21.0 Å². The number of rotatable bonds is 4. The number of anilines is 1. The molecule has 110 valence electrons. The maximum absolute atomic E-state index is 5.88. The molecule has 2 aromatic rings. The number of nitrogen functional groups attached to an aromatic ring is 1. The van der Waals surface area contributed by atoms with Crippen LogP contribution in [0.3, 0.4) is 0 Å². The van der Waals surface area contributed by atoms with Crippen LogP contribution in [0.1, 0.15) is 29.7 Å². The summed E-state index contributed by atoms with van der Waals surface area (Å²) in [6.45, 7) is 0. The molecular weight excluding hydrogens is 304 g/mol. The number of fused-ring (bicyclic) bond motifs is 1. The van der Waals surface area contributed by atoms with Gasteiger partial charge in [0.15, 0.2) is 5.16 Å². The summed E-state index contributed by atoms with van der Waals surface area (Å²) < 4.78 is 0. The summed E-state index contributed by atoms with van der Waals surface area (Å²) in [5.74, 6) is 1.29. The second-order valence-electron chi connectivity index (χ2n) is 5.10. The van der Waals surface area contributed by atoms with Crippen molar-refractivity contribution in [2.24, 2.45) is 0 Å². The second kappa shape index (κ2) is 6.62. The van der Waals surface area contributed by atoms with E-state index < -0.39 is 0 Å². The minimum atomic E-state index is 0.389. The van der Waals surface area contributed by atoms with Gasteiger partial charge in [-0.05, 0) is 49.3 Å². The first-order chi connectivity index (χ1) is 10.2. The summed E-state index contributed by atoms with van der Waals surface area (Å²) in [4.78, 5) is 12.9. The third-order valence-corrected chi connectivity index (χ3v) is 4.67. The molecule has 0 spiro atoms. The first-order valence-electron chi connectivity index (χ1n) is 7.11. The lowest BCUT2D eigenvalue weighted by Crippen LogP contribution is -2.09. The van der Waals surface area contributed by atoms with E-state index in [-0.39, 0.29) is 0 Å². The van der Waals surface area contributed by atoms with Crippen molar-refractivity contribution in [2.45, 2.75) is 37.3 Å². The van der Waals surface area contributed by atoms with E-state index in [0.29, 0.717) is 16.1 Å². The highest BCUT2D eigenvalue weighted by Crippen LogP contribution is 2.25. The van der Waals surface area contributed by atoms with Gasteiger partial charge in [0, 0.05) is 23.7 Å². The normalized spacial score (nSPS) is 14.0. The lowest BCUT2D eigenvalue weighted by Gasteiger charge is -2.18. The van der Waals surface area contributed by atoms with Gasteiger partial charge >= 0.3 is 0 Å². The fourth-order valence-electron chi connectivity index (χ4n) is 2.67. The predicted octanol–water partition coefficient (Wildman–Crippen LogP) is 3.32. The molecule has 0 aliphatic heterocycles. The molecule has 2 heterocycles. The van der Waals surface area contributed by atoms with Crippen LogP contribution in [0.5, 0.6) is 0 Å². The van der Waals surface area contributed by atoms with Crippen molar-refractivity contribution >= 4 is 29.2 Å². The van der Waals surface area contributed by atoms with E-state index >= 15 is 0 Å². The Morgan fingerprint density at radius 3 is 2.95 bits per heavy atom. The highest BCUT2D eigenvalue weighted by atomic mass is 35.5. The van der Waals surface area contributed by atoms with Crippen LogP contribution in [0.2, 0.25) is 5.15 Å². The van der Waals surface area contributed by atoms with Crippen LogP contribution in [0.4, 0.5) is 5.82 Å². The number of hydrogen-bond donors (Lipinski definition) is 1. The van der Waals surface area contributed by atoms with Crippen LogP contribution < -0.4 is 5.73 Å². The van der Waals surface area contributed by atoms with Gasteiger partial charge in [-0.25, -0.2) is 9.97 Å². The lowest BCUT2D eigenvalue weighted by atomic mass is 9.90. The summed E-state index contributed by atoms with van der Waals surface area (Å²) in [5.41, 5.74) is 9.82. The van der Waals surface area contributed by atoms with Crippen molar-refractivity contribution in [3.63, 3.8) is 0 Å². The van der Waals surface area contributed by atoms with Gasteiger partial charge in [0.1, 0.15) is 11.0 Å². The van der Waals surface area contributed by atoms with E-state index in [0.717, 1.165) is 18.6 Å².